The number of fused-ring (bicyclic) bond motifs is 7. The smallest absolute Gasteiger partial charge is 0.315 e. The predicted molar refractivity (Wildman–Crippen MR) is 259 cm³/mol. The van der Waals surface area contributed by atoms with Gasteiger partial charge in [-0.05, 0) is 111 Å². The molecule has 0 aromatic heterocycles. The van der Waals surface area contributed by atoms with E-state index in [9.17, 15) is 76.3 Å². The Morgan fingerprint density at radius 1 is 0.571 bits per heavy atom. The first-order chi connectivity index (χ1) is 36.1. The summed E-state index contributed by atoms with van der Waals surface area (Å²) in [6.07, 6.45) is -25.0. The van der Waals surface area contributed by atoms with E-state index < -0.39 is 183 Å². The van der Waals surface area contributed by atoms with Gasteiger partial charge in [0.05, 0.1) is 43.4 Å². The molecule has 0 aromatic carbocycles. The standard InChI is InChI=1S/C53H84O24/c1-48(2)13-15-53(47(69)77-44-40(66)36(62)34(60)27(74-44)21-70-45-41(37(63)32(58)25(19-55)73-45)76-43-39(65)35(61)31(57)24(18-54)72-43)16-14-50(4)22(23(53)17-48)7-8-28-49(3)11-10-30(75-42-38(64)33(59)26(20-56)71-42)52(6,46(67)68)29(49)9-12-51(28,50)5/h7,23-45,54-66H,8-21H2,1-6H3,(H,67,68)/t23-,24+,25+,26-,27+,28+,29+,30-,31+,32+,33-,34+,35-,36-,37-,38+,39+,40+,41+,42-,43-,44-,45+,49+,50+,51+,52-,53-/m0/s1. The molecule has 14 N–H and O–H groups in total. The lowest BCUT2D eigenvalue weighted by atomic mass is 9.33. The number of hydrogen-bond donors (Lipinski definition) is 14. The summed E-state index contributed by atoms with van der Waals surface area (Å²) < 4.78 is 46.9. The van der Waals surface area contributed by atoms with E-state index in [1.807, 2.05) is 0 Å². The van der Waals surface area contributed by atoms with Crippen molar-refractivity contribution in [2.24, 2.45) is 50.2 Å². The Kier molecular flexibility index (Phi) is 16.7. The van der Waals surface area contributed by atoms with Crippen LogP contribution in [0.15, 0.2) is 11.6 Å². The molecule has 0 bridgehead atoms. The molecule has 0 aromatic rings. The highest BCUT2D eigenvalue weighted by Crippen LogP contribution is 2.76. The summed E-state index contributed by atoms with van der Waals surface area (Å²) in [5.41, 5.74) is -2.89. The van der Waals surface area contributed by atoms with Gasteiger partial charge in [0.15, 0.2) is 18.9 Å². The largest absolute Gasteiger partial charge is 0.481 e. The number of carbonyl (C=O) groups excluding carboxylic acids is 1. The molecule has 9 rings (SSSR count). The van der Waals surface area contributed by atoms with Crippen LogP contribution in [0, 0.1) is 50.2 Å². The summed E-state index contributed by atoms with van der Waals surface area (Å²) in [7, 11) is 0. The van der Waals surface area contributed by atoms with E-state index in [4.69, 9.17) is 37.9 Å². The van der Waals surface area contributed by atoms with Gasteiger partial charge >= 0.3 is 11.9 Å². The monoisotopic (exact) mass is 1100 g/mol. The highest BCUT2D eigenvalue weighted by atomic mass is 16.8. The number of rotatable bonds is 13. The lowest BCUT2D eigenvalue weighted by Gasteiger charge is -2.71. The zero-order chi connectivity index (χ0) is 56.3. The summed E-state index contributed by atoms with van der Waals surface area (Å²) in [4.78, 5) is 28.8. The number of aliphatic carboxylic acids is 1. The minimum absolute atomic E-state index is 0.0152. The molecule has 24 heteroatoms. The topological polar surface area (TPSA) is 391 Å². The lowest BCUT2D eigenvalue weighted by Crippen LogP contribution is -2.67. The van der Waals surface area contributed by atoms with Gasteiger partial charge in [-0.15, -0.1) is 0 Å². The average molecular weight is 1110 g/mol. The number of esters is 1. The Labute approximate surface area is 446 Å². The van der Waals surface area contributed by atoms with Gasteiger partial charge < -0.3 is 109 Å². The van der Waals surface area contributed by atoms with Crippen LogP contribution in [0.3, 0.4) is 0 Å². The third-order valence-electron chi connectivity index (χ3n) is 21.2. The highest BCUT2D eigenvalue weighted by Gasteiger charge is 2.72. The van der Waals surface area contributed by atoms with Crippen LogP contribution in [0.1, 0.15) is 106 Å². The molecule has 4 saturated heterocycles. The minimum atomic E-state index is -1.94. The summed E-state index contributed by atoms with van der Waals surface area (Å²) in [5.74, 6) is -2.36. The molecule has 4 aliphatic heterocycles. The minimum Gasteiger partial charge on any atom is -0.481 e. The van der Waals surface area contributed by atoms with Gasteiger partial charge in [-0.1, -0.05) is 46.3 Å². The van der Waals surface area contributed by atoms with E-state index in [1.54, 1.807) is 6.92 Å². The number of allylic oxidation sites excluding steroid dienone is 2. The predicted octanol–water partition coefficient (Wildman–Crippen LogP) is -2.33. The van der Waals surface area contributed by atoms with Gasteiger partial charge in [0.1, 0.15) is 91.6 Å². The third-order valence-corrected chi connectivity index (χ3v) is 21.2. The van der Waals surface area contributed by atoms with Crippen molar-refractivity contribution in [2.75, 3.05) is 26.4 Å². The fraction of sp³-hybridized carbons (Fsp3) is 0.925. The Balaban J connectivity index is 0.934. The van der Waals surface area contributed by atoms with E-state index in [0.717, 1.165) is 5.57 Å². The molecule has 24 nitrogen and oxygen atoms in total. The van der Waals surface area contributed by atoms with Gasteiger partial charge in [-0.25, -0.2) is 0 Å². The van der Waals surface area contributed by atoms with Crippen molar-refractivity contribution in [1.82, 2.24) is 0 Å². The van der Waals surface area contributed by atoms with Crippen molar-refractivity contribution >= 4 is 11.9 Å². The molecule has 4 heterocycles. The highest BCUT2D eigenvalue weighted by molar-refractivity contribution is 5.79. The number of aliphatic hydroxyl groups excluding tert-OH is 13. The van der Waals surface area contributed by atoms with E-state index in [1.165, 1.54) is 0 Å². The normalized spacial score (nSPS) is 53.5. The molecule has 0 amide bonds. The lowest BCUT2D eigenvalue weighted by molar-refractivity contribution is -0.372. The van der Waals surface area contributed by atoms with E-state index >= 15 is 4.79 Å². The Hall–Kier alpha value is -2.12. The fourth-order valence-electron chi connectivity index (χ4n) is 16.1. The van der Waals surface area contributed by atoms with Crippen molar-refractivity contribution in [3.8, 4) is 0 Å². The first kappa shape index (κ1) is 59.5. The number of ether oxygens (including phenoxy) is 8. The first-order valence-corrected chi connectivity index (χ1v) is 27.4. The van der Waals surface area contributed by atoms with Crippen LogP contribution in [-0.2, 0) is 47.5 Å². The van der Waals surface area contributed by atoms with Crippen LogP contribution in [0.4, 0.5) is 0 Å². The number of aliphatic hydroxyl groups is 13. The maximum absolute atomic E-state index is 15.2. The van der Waals surface area contributed by atoms with Crippen LogP contribution in [0.5, 0.6) is 0 Å². The van der Waals surface area contributed by atoms with E-state index in [-0.39, 0.29) is 28.6 Å². The zero-order valence-corrected chi connectivity index (χ0v) is 44.6. The van der Waals surface area contributed by atoms with Crippen LogP contribution in [-0.4, -0.2) is 233 Å². The van der Waals surface area contributed by atoms with Crippen LogP contribution < -0.4 is 0 Å². The summed E-state index contributed by atoms with van der Waals surface area (Å²) in [5, 5.41) is 149. The van der Waals surface area contributed by atoms with Crippen molar-refractivity contribution in [3.63, 3.8) is 0 Å². The number of hydrogen-bond acceptors (Lipinski definition) is 23. The number of carboxylic acids is 1. The Bertz CT molecular complexity index is 2170. The molecule has 4 saturated carbocycles. The third kappa shape index (κ3) is 9.55. The zero-order valence-electron chi connectivity index (χ0n) is 44.6. The number of carbonyl (C=O) groups is 2. The second-order valence-corrected chi connectivity index (χ2v) is 25.6. The van der Waals surface area contributed by atoms with Gasteiger partial charge in [0, 0.05) is 0 Å². The molecule has 0 unspecified atom stereocenters. The maximum atomic E-state index is 15.2. The summed E-state index contributed by atoms with van der Waals surface area (Å²) in [6.45, 7) is 9.92. The molecular formula is C53H84O24. The molecule has 77 heavy (non-hydrogen) atoms. The molecule has 8 fully saturated rings. The van der Waals surface area contributed by atoms with E-state index in [0.29, 0.717) is 64.2 Å². The average Bonchev–Trinajstić information content (AvgIpc) is 3.74. The second kappa shape index (κ2) is 21.6. The van der Waals surface area contributed by atoms with Crippen LogP contribution in [0.2, 0.25) is 0 Å². The SMILES string of the molecule is CC1(C)CC[C@]2(C(=O)O[C@@H]3O[C@H](CO[C@@H]4O[C@H](CO)[C@@H](O)[C@H](O)[C@H]4O[C@@H]4O[C@H](CO)[C@@H](O)[C@H](O)[C@H]4O)[C@@H](O)[C@H](O)[C@H]3O)CC[C@]3(C)C(=CC[C@@H]4[C@@]5(C)CC[C@H](O[C@@H]6O[C@@H](CO)[C@H](O)[C@H]6O)[C@@](C)(C(=O)O)[C@@H]5CC[C@]43C)[C@@H]2C1. The van der Waals surface area contributed by atoms with Crippen molar-refractivity contribution < 1.29 is 119 Å². The summed E-state index contributed by atoms with van der Waals surface area (Å²) >= 11 is 0. The van der Waals surface area contributed by atoms with Crippen molar-refractivity contribution in [3.05, 3.63) is 11.6 Å². The van der Waals surface area contributed by atoms with Crippen molar-refractivity contribution in [1.29, 1.82) is 0 Å². The molecule has 28 atom stereocenters. The maximum Gasteiger partial charge on any atom is 0.315 e. The molecule has 9 aliphatic rings. The van der Waals surface area contributed by atoms with Gasteiger partial charge in [-0.3, -0.25) is 9.59 Å². The van der Waals surface area contributed by atoms with Crippen molar-refractivity contribution in [2.45, 2.75) is 229 Å². The molecule has 440 valence electrons. The van der Waals surface area contributed by atoms with Crippen LogP contribution in [0.25, 0.3) is 0 Å². The quantitative estimate of drug-likeness (QED) is 0.0679. The number of carboxylic acid groups (broad SMARTS) is 1. The Morgan fingerprint density at radius 3 is 1.70 bits per heavy atom. The van der Waals surface area contributed by atoms with Crippen LogP contribution >= 0.6 is 0 Å². The second-order valence-electron chi connectivity index (χ2n) is 25.6. The molecular weight excluding hydrogens is 1020 g/mol. The Morgan fingerprint density at radius 2 is 1.09 bits per heavy atom. The molecule has 5 aliphatic carbocycles. The first-order valence-electron chi connectivity index (χ1n) is 27.4. The fourth-order valence-corrected chi connectivity index (χ4v) is 16.1. The molecule has 0 radical (unpaired) electrons. The van der Waals surface area contributed by atoms with Gasteiger partial charge in [0.2, 0.25) is 6.29 Å². The van der Waals surface area contributed by atoms with Gasteiger partial charge in [-0.2, -0.15) is 0 Å². The van der Waals surface area contributed by atoms with E-state index in [2.05, 4.69) is 40.7 Å². The summed E-state index contributed by atoms with van der Waals surface area (Å²) in [6, 6.07) is 0. The van der Waals surface area contributed by atoms with Gasteiger partial charge in [0.25, 0.3) is 0 Å². The molecule has 0 spiro atoms.